The van der Waals surface area contributed by atoms with Crippen molar-refractivity contribution in [3.05, 3.63) is 0 Å². The van der Waals surface area contributed by atoms with Crippen LogP contribution in [0.25, 0.3) is 0 Å². The van der Waals surface area contributed by atoms with Gasteiger partial charge in [0.2, 0.25) is 0 Å². The molecule has 0 aromatic rings. The van der Waals surface area contributed by atoms with Crippen LogP contribution in [0, 0.1) is 11.8 Å². The molecule has 4 aliphatic rings. The van der Waals surface area contributed by atoms with Crippen molar-refractivity contribution in [2.24, 2.45) is 11.8 Å². The second-order valence-corrected chi connectivity index (χ2v) is 6.55. The molecule has 3 unspecified atom stereocenters. The lowest BCUT2D eigenvalue weighted by Gasteiger charge is -2.36. The van der Waals surface area contributed by atoms with E-state index in [2.05, 4.69) is 22.2 Å². The molecule has 16 heavy (non-hydrogen) atoms. The number of rotatable bonds is 2. The molecule has 4 fully saturated rings. The largest absolute Gasteiger partial charge is 0.311 e. The van der Waals surface area contributed by atoms with Crippen LogP contribution in [0.3, 0.4) is 0 Å². The minimum absolute atomic E-state index is 0.821. The van der Waals surface area contributed by atoms with E-state index in [0.29, 0.717) is 0 Å². The van der Waals surface area contributed by atoms with Crippen molar-refractivity contribution in [3.8, 4) is 0 Å². The highest BCUT2D eigenvalue weighted by Gasteiger charge is 2.46. The first kappa shape index (κ1) is 9.86. The van der Waals surface area contributed by atoms with Gasteiger partial charge in [0.05, 0.1) is 0 Å². The van der Waals surface area contributed by atoms with Crippen LogP contribution < -0.4 is 5.32 Å². The Bertz CT molecular complexity index is 293. The number of piperazine rings is 1. The lowest BCUT2D eigenvalue weighted by Crippen LogP contribution is -2.48. The highest BCUT2D eigenvalue weighted by molar-refractivity contribution is 5.02. The fourth-order valence-electron chi connectivity index (χ4n) is 4.82. The number of likely N-dealkylation sites (tertiary alicyclic amines) is 2. The summed E-state index contributed by atoms with van der Waals surface area (Å²) in [4.78, 5) is 5.39. The molecule has 90 valence electrons. The number of hydrogen-bond acceptors (Lipinski definition) is 3. The van der Waals surface area contributed by atoms with Crippen LogP contribution in [0.5, 0.6) is 0 Å². The molecule has 4 bridgehead atoms. The van der Waals surface area contributed by atoms with Gasteiger partial charge < -0.3 is 10.2 Å². The van der Waals surface area contributed by atoms with Crippen LogP contribution in [0.2, 0.25) is 0 Å². The molecule has 3 nitrogen and oxygen atoms in total. The fourth-order valence-corrected chi connectivity index (χ4v) is 4.82. The third-order valence-corrected chi connectivity index (χ3v) is 5.51. The summed E-state index contributed by atoms with van der Waals surface area (Å²) in [5, 5.41) is 3.60. The number of hydrogen-bond donors (Lipinski definition) is 1. The molecule has 0 radical (unpaired) electrons. The number of fused-ring (bicyclic) bond motifs is 4. The van der Waals surface area contributed by atoms with Crippen molar-refractivity contribution < 1.29 is 0 Å². The van der Waals surface area contributed by atoms with E-state index in [1.54, 1.807) is 0 Å². The lowest BCUT2D eigenvalue weighted by molar-refractivity contribution is 0.124. The topological polar surface area (TPSA) is 18.5 Å². The van der Waals surface area contributed by atoms with Gasteiger partial charge in [-0.15, -0.1) is 0 Å². The van der Waals surface area contributed by atoms with E-state index in [4.69, 9.17) is 0 Å². The van der Waals surface area contributed by atoms with Gasteiger partial charge in [0.1, 0.15) is 0 Å². The van der Waals surface area contributed by atoms with Gasteiger partial charge in [-0.2, -0.15) is 0 Å². The quantitative estimate of drug-likeness (QED) is 0.727. The van der Waals surface area contributed by atoms with Gasteiger partial charge in [0.25, 0.3) is 0 Å². The van der Waals surface area contributed by atoms with Crippen LogP contribution in [0.15, 0.2) is 0 Å². The van der Waals surface area contributed by atoms with Gasteiger partial charge in [-0.25, -0.2) is 0 Å². The smallest absolute Gasteiger partial charge is 0.0236 e. The Balaban J connectivity index is 1.41. The summed E-state index contributed by atoms with van der Waals surface area (Å²) in [6.45, 7) is 5.33. The predicted octanol–water partition coefficient (Wildman–Crippen LogP) is 0.373. The number of nitrogens with zero attached hydrogens (tertiary/aromatic N) is 2. The molecule has 4 rings (SSSR count). The fraction of sp³-hybridized carbons (Fsp3) is 1.00. The number of piperidine rings is 1. The van der Waals surface area contributed by atoms with Crippen molar-refractivity contribution in [3.63, 3.8) is 0 Å². The zero-order chi connectivity index (χ0) is 10.7. The second kappa shape index (κ2) is 3.44. The SMILES string of the molecule is CN1CC2CC(CN3C[C@@H]4C[C@H]3CN4)C1C2. The summed E-state index contributed by atoms with van der Waals surface area (Å²) in [6.07, 6.45) is 4.41. The Labute approximate surface area is 98.2 Å². The summed E-state index contributed by atoms with van der Waals surface area (Å²) in [7, 11) is 2.33. The maximum Gasteiger partial charge on any atom is 0.0236 e. The molecule has 3 aliphatic heterocycles. The molecule has 3 saturated heterocycles. The first-order valence-electron chi connectivity index (χ1n) is 6.97. The van der Waals surface area contributed by atoms with Crippen LogP contribution in [-0.2, 0) is 0 Å². The highest BCUT2D eigenvalue weighted by Crippen LogP contribution is 2.42. The second-order valence-electron chi connectivity index (χ2n) is 6.55. The molecular weight excluding hydrogens is 198 g/mol. The van der Waals surface area contributed by atoms with E-state index < -0.39 is 0 Å². The maximum absolute atomic E-state index is 3.60. The zero-order valence-corrected chi connectivity index (χ0v) is 10.2. The molecule has 1 saturated carbocycles. The van der Waals surface area contributed by atoms with Crippen molar-refractivity contribution in [1.29, 1.82) is 0 Å². The van der Waals surface area contributed by atoms with Gasteiger partial charge in [0, 0.05) is 44.3 Å². The van der Waals surface area contributed by atoms with Gasteiger partial charge in [-0.3, -0.25) is 4.90 Å². The first-order chi connectivity index (χ1) is 7.79. The summed E-state index contributed by atoms with van der Waals surface area (Å²) in [6, 6.07) is 2.60. The summed E-state index contributed by atoms with van der Waals surface area (Å²) in [5.74, 6) is 2.00. The standard InChI is InChI=1S/C13H23N3/c1-15-6-9-2-10(13(15)3-9)7-16-8-11-4-12(16)5-14-11/h9-14H,2-8H2,1H3/t9?,10?,11-,12-,13?/m0/s1. The summed E-state index contributed by atoms with van der Waals surface area (Å²) >= 11 is 0. The molecule has 3 heteroatoms. The van der Waals surface area contributed by atoms with E-state index in [1.165, 1.54) is 45.4 Å². The van der Waals surface area contributed by atoms with E-state index in [9.17, 15) is 0 Å². The Morgan fingerprint density at radius 1 is 1.19 bits per heavy atom. The molecule has 3 heterocycles. The molecule has 0 aromatic carbocycles. The van der Waals surface area contributed by atoms with Gasteiger partial charge in [-0.1, -0.05) is 0 Å². The van der Waals surface area contributed by atoms with E-state index in [-0.39, 0.29) is 0 Å². The Morgan fingerprint density at radius 2 is 2.12 bits per heavy atom. The first-order valence-corrected chi connectivity index (χ1v) is 6.97. The molecule has 0 spiro atoms. The molecule has 0 amide bonds. The van der Waals surface area contributed by atoms with Crippen LogP contribution >= 0.6 is 0 Å². The van der Waals surface area contributed by atoms with Crippen LogP contribution in [-0.4, -0.2) is 61.2 Å². The Morgan fingerprint density at radius 3 is 2.75 bits per heavy atom. The summed E-state index contributed by atoms with van der Waals surface area (Å²) in [5.41, 5.74) is 0. The summed E-state index contributed by atoms with van der Waals surface area (Å²) < 4.78 is 0. The van der Waals surface area contributed by atoms with Crippen molar-refractivity contribution >= 4 is 0 Å². The highest BCUT2D eigenvalue weighted by atomic mass is 15.3. The van der Waals surface area contributed by atoms with Crippen LogP contribution in [0.4, 0.5) is 0 Å². The number of nitrogens with one attached hydrogen (secondary N) is 1. The van der Waals surface area contributed by atoms with Crippen molar-refractivity contribution in [2.75, 3.05) is 33.2 Å². The maximum atomic E-state index is 3.60. The van der Waals surface area contributed by atoms with Crippen LogP contribution in [0.1, 0.15) is 19.3 Å². The molecule has 1 N–H and O–H groups in total. The normalized spacial score (nSPS) is 51.9. The molecular formula is C13H23N3. The van der Waals surface area contributed by atoms with Crippen molar-refractivity contribution in [2.45, 2.75) is 37.4 Å². The minimum Gasteiger partial charge on any atom is -0.311 e. The average molecular weight is 221 g/mol. The Kier molecular flexibility index (Phi) is 2.12. The van der Waals surface area contributed by atoms with Crippen molar-refractivity contribution in [1.82, 2.24) is 15.1 Å². The molecule has 1 aliphatic carbocycles. The van der Waals surface area contributed by atoms with Gasteiger partial charge in [0.15, 0.2) is 0 Å². The third kappa shape index (κ3) is 1.38. The predicted molar refractivity (Wildman–Crippen MR) is 64.4 cm³/mol. The van der Waals surface area contributed by atoms with E-state index >= 15 is 0 Å². The molecule has 0 aromatic heterocycles. The van der Waals surface area contributed by atoms with Gasteiger partial charge >= 0.3 is 0 Å². The lowest BCUT2D eigenvalue weighted by atomic mass is 9.97. The molecule has 5 atom stereocenters. The monoisotopic (exact) mass is 221 g/mol. The van der Waals surface area contributed by atoms with E-state index in [0.717, 1.165) is 30.0 Å². The average Bonchev–Trinajstić information content (AvgIpc) is 2.95. The third-order valence-electron chi connectivity index (χ3n) is 5.51. The zero-order valence-electron chi connectivity index (χ0n) is 10.2. The Hall–Kier alpha value is -0.120. The van der Waals surface area contributed by atoms with E-state index in [1.807, 2.05) is 0 Å². The minimum atomic E-state index is 0.821. The van der Waals surface area contributed by atoms with Gasteiger partial charge in [-0.05, 0) is 38.1 Å².